The Morgan fingerprint density at radius 1 is 1.35 bits per heavy atom. The lowest BCUT2D eigenvalue weighted by Gasteiger charge is -2.27. The van der Waals surface area contributed by atoms with Gasteiger partial charge in [0, 0.05) is 23.3 Å². The van der Waals surface area contributed by atoms with Crippen LogP contribution in [0.2, 0.25) is 0 Å². The van der Waals surface area contributed by atoms with Gasteiger partial charge in [0.2, 0.25) is 0 Å². The molecule has 1 N–H and O–H groups in total. The molecule has 3 heterocycles. The van der Waals surface area contributed by atoms with Gasteiger partial charge < -0.3 is 9.73 Å². The van der Waals surface area contributed by atoms with E-state index in [9.17, 15) is 4.79 Å². The van der Waals surface area contributed by atoms with E-state index < -0.39 is 0 Å². The third kappa shape index (κ3) is 2.53. The van der Waals surface area contributed by atoms with Gasteiger partial charge in [0.25, 0.3) is 5.91 Å². The molecule has 0 spiro atoms. The molecule has 0 radical (unpaired) electrons. The van der Waals surface area contributed by atoms with Gasteiger partial charge in [-0.25, -0.2) is 9.97 Å². The van der Waals surface area contributed by atoms with E-state index >= 15 is 0 Å². The average Bonchev–Trinajstić information content (AvgIpc) is 3.27. The maximum absolute atomic E-state index is 12.7. The number of nitrogens with zero attached hydrogens (tertiary/aromatic N) is 2. The zero-order valence-electron chi connectivity index (χ0n) is 12.8. The monoisotopic (exact) mass is 327 g/mol. The summed E-state index contributed by atoms with van der Waals surface area (Å²) in [7, 11) is 0. The molecule has 1 amide bonds. The number of fused-ring (bicyclic) bond motifs is 1. The summed E-state index contributed by atoms with van der Waals surface area (Å²) < 4.78 is 5.67. The van der Waals surface area contributed by atoms with Crippen LogP contribution in [0.25, 0.3) is 11.1 Å². The Bertz CT molecular complexity index is 848. The summed E-state index contributed by atoms with van der Waals surface area (Å²) in [5.41, 5.74) is 1.90. The minimum atomic E-state index is -0.354. The minimum Gasteiger partial charge on any atom is -0.449 e. The van der Waals surface area contributed by atoms with Crippen LogP contribution in [0.15, 0.2) is 34.2 Å². The minimum absolute atomic E-state index is 0.197. The van der Waals surface area contributed by atoms with Crippen LogP contribution in [0.1, 0.15) is 46.9 Å². The first-order valence-corrected chi connectivity index (χ1v) is 8.64. The predicted octanol–water partition coefficient (Wildman–Crippen LogP) is 3.79. The van der Waals surface area contributed by atoms with Crippen molar-refractivity contribution in [2.24, 2.45) is 0 Å². The molecule has 0 aliphatic heterocycles. The van der Waals surface area contributed by atoms with Gasteiger partial charge >= 0.3 is 0 Å². The number of amides is 1. The molecular weight excluding hydrogens is 310 g/mol. The van der Waals surface area contributed by atoms with E-state index in [-0.39, 0.29) is 11.4 Å². The number of carbonyl (C=O) groups is 1. The molecular formula is C17H17N3O2S. The molecule has 1 aliphatic rings. The maximum Gasteiger partial charge on any atom is 0.287 e. The molecule has 0 unspecified atom stereocenters. The number of nitrogens with one attached hydrogen (secondary N) is 1. The van der Waals surface area contributed by atoms with Gasteiger partial charge in [0.05, 0.1) is 5.54 Å². The standard InChI is InChI=1S/C17H17N3O2S/c1-11-4-5-13-12(19-11)10-14(22-13)15(21)20-17(6-2-3-7-17)16-18-8-9-23-16/h4-5,8-10H,2-3,6-7H2,1H3,(H,20,21). The Kier molecular flexibility index (Phi) is 3.41. The van der Waals surface area contributed by atoms with Crippen molar-refractivity contribution in [1.82, 2.24) is 15.3 Å². The van der Waals surface area contributed by atoms with Crippen LogP contribution >= 0.6 is 11.3 Å². The Balaban J connectivity index is 1.65. The van der Waals surface area contributed by atoms with E-state index in [0.717, 1.165) is 36.4 Å². The molecule has 1 fully saturated rings. The number of aromatic nitrogens is 2. The van der Waals surface area contributed by atoms with Crippen LogP contribution < -0.4 is 5.32 Å². The third-order valence-electron chi connectivity index (χ3n) is 4.39. The summed E-state index contributed by atoms with van der Waals surface area (Å²) in [5, 5.41) is 6.11. The van der Waals surface area contributed by atoms with Crippen LogP contribution in [-0.4, -0.2) is 15.9 Å². The summed E-state index contributed by atoms with van der Waals surface area (Å²) in [6.07, 6.45) is 5.83. The lowest BCUT2D eigenvalue weighted by atomic mass is 9.98. The van der Waals surface area contributed by atoms with Gasteiger partial charge in [0.1, 0.15) is 10.5 Å². The fourth-order valence-electron chi connectivity index (χ4n) is 3.25. The highest BCUT2D eigenvalue weighted by Gasteiger charge is 2.40. The number of hydrogen-bond donors (Lipinski definition) is 1. The fourth-order valence-corrected chi connectivity index (χ4v) is 4.10. The number of rotatable bonds is 3. The largest absolute Gasteiger partial charge is 0.449 e. The summed E-state index contributed by atoms with van der Waals surface area (Å²) in [4.78, 5) is 21.5. The Hall–Kier alpha value is -2.21. The van der Waals surface area contributed by atoms with Gasteiger partial charge in [-0.3, -0.25) is 4.79 Å². The second kappa shape index (κ2) is 5.45. The molecule has 0 saturated heterocycles. The first-order chi connectivity index (χ1) is 11.2. The van der Waals surface area contributed by atoms with Crippen molar-refractivity contribution in [3.63, 3.8) is 0 Å². The van der Waals surface area contributed by atoms with E-state index in [1.165, 1.54) is 0 Å². The summed E-state index contributed by atoms with van der Waals surface area (Å²) in [5.74, 6) is 0.110. The SMILES string of the molecule is Cc1ccc2oc(C(=O)NC3(c4nccs4)CCCC3)cc2n1. The van der Waals surface area contributed by atoms with Crippen molar-refractivity contribution in [3.8, 4) is 0 Å². The van der Waals surface area contributed by atoms with Crippen LogP contribution in [-0.2, 0) is 5.54 Å². The van der Waals surface area contributed by atoms with Crippen molar-refractivity contribution >= 4 is 28.3 Å². The number of carbonyl (C=O) groups excluding carboxylic acids is 1. The number of aryl methyl sites for hydroxylation is 1. The zero-order valence-corrected chi connectivity index (χ0v) is 13.7. The van der Waals surface area contributed by atoms with E-state index in [4.69, 9.17) is 4.42 Å². The quantitative estimate of drug-likeness (QED) is 0.794. The van der Waals surface area contributed by atoms with Gasteiger partial charge in [0.15, 0.2) is 11.3 Å². The van der Waals surface area contributed by atoms with E-state index in [1.54, 1.807) is 23.6 Å². The molecule has 3 aromatic rings. The molecule has 1 saturated carbocycles. The summed E-state index contributed by atoms with van der Waals surface area (Å²) in [6.45, 7) is 1.92. The molecule has 0 bridgehead atoms. The smallest absolute Gasteiger partial charge is 0.287 e. The fraction of sp³-hybridized carbons (Fsp3) is 0.353. The van der Waals surface area contributed by atoms with Crippen molar-refractivity contribution < 1.29 is 9.21 Å². The van der Waals surface area contributed by atoms with Crippen LogP contribution in [0.5, 0.6) is 0 Å². The molecule has 3 aromatic heterocycles. The van der Waals surface area contributed by atoms with Gasteiger partial charge in [-0.15, -0.1) is 11.3 Å². The van der Waals surface area contributed by atoms with Gasteiger partial charge in [-0.05, 0) is 31.9 Å². The molecule has 0 atom stereocenters. The highest BCUT2D eigenvalue weighted by molar-refractivity contribution is 7.09. The molecule has 23 heavy (non-hydrogen) atoms. The lowest BCUT2D eigenvalue weighted by molar-refractivity contribution is 0.0871. The van der Waals surface area contributed by atoms with Gasteiger partial charge in [-0.1, -0.05) is 12.8 Å². The molecule has 6 heteroatoms. The number of pyridine rings is 1. The molecule has 118 valence electrons. The molecule has 0 aromatic carbocycles. The summed E-state index contributed by atoms with van der Waals surface area (Å²) >= 11 is 1.59. The Labute approximate surface area is 137 Å². The van der Waals surface area contributed by atoms with Crippen LogP contribution in [0.3, 0.4) is 0 Å². The van der Waals surface area contributed by atoms with Crippen molar-refractivity contribution in [1.29, 1.82) is 0 Å². The van der Waals surface area contributed by atoms with E-state index in [0.29, 0.717) is 16.9 Å². The maximum atomic E-state index is 12.7. The summed E-state index contributed by atoms with van der Waals surface area (Å²) in [6, 6.07) is 5.43. The first-order valence-electron chi connectivity index (χ1n) is 7.76. The van der Waals surface area contributed by atoms with Crippen molar-refractivity contribution in [2.75, 3.05) is 0 Å². The average molecular weight is 327 g/mol. The zero-order chi connectivity index (χ0) is 15.9. The van der Waals surface area contributed by atoms with E-state index in [2.05, 4.69) is 15.3 Å². The van der Waals surface area contributed by atoms with Gasteiger partial charge in [-0.2, -0.15) is 0 Å². The highest BCUT2D eigenvalue weighted by atomic mass is 32.1. The van der Waals surface area contributed by atoms with Crippen molar-refractivity contribution in [3.05, 3.63) is 46.2 Å². The predicted molar refractivity (Wildman–Crippen MR) is 88.5 cm³/mol. The topological polar surface area (TPSA) is 68.0 Å². The second-order valence-electron chi connectivity index (χ2n) is 6.03. The Morgan fingerprint density at radius 2 is 2.17 bits per heavy atom. The van der Waals surface area contributed by atoms with Crippen LogP contribution in [0, 0.1) is 6.92 Å². The third-order valence-corrected chi connectivity index (χ3v) is 5.37. The van der Waals surface area contributed by atoms with E-state index in [1.807, 2.05) is 24.4 Å². The first kappa shape index (κ1) is 14.4. The molecule has 1 aliphatic carbocycles. The molecule has 5 nitrogen and oxygen atoms in total. The number of hydrogen-bond acceptors (Lipinski definition) is 5. The number of furan rings is 1. The number of thiazole rings is 1. The van der Waals surface area contributed by atoms with Crippen molar-refractivity contribution in [2.45, 2.75) is 38.1 Å². The normalized spacial score (nSPS) is 16.7. The van der Waals surface area contributed by atoms with Crippen LogP contribution in [0.4, 0.5) is 0 Å². The Morgan fingerprint density at radius 3 is 2.91 bits per heavy atom. The lowest BCUT2D eigenvalue weighted by Crippen LogP contribution is -2.43. The second-order valence-corrected chi connectivity index (χ2v) is 6.92. The molecule has 4 rings (SSSR count). The highest BCUT2D eigenvalue weighted by Crippen LogP contribution is 2.40.